The van der Waals surface area contributed by atoms with Crippen LogP contribution < -0.4 is 0 Å². The second kappa shape index (κ2) is 6.50. The lowest BCUT2D eigenvalue weighted by molar-refractivity contribution is -0.144. The molecule has 0 bridgehead atoms. The number of aliphatic hydroxyl groups excluding tert-OH is 1. The van der Waals surface area contributed by atoms with Crippen LogP contribution in [0, 0.1) is 23.7 Å². The molecule has 0 unspecified atom stereocenters. The van der Waals surface area contributed by atoms with Crippen LogP contribution in [0.5, 0.6) is 0 Å². The summed E-state index contributed by atoms with van der Waals surface area (Å²) in [6, 6.07) is 0. The fourth-order valence-electron chi connectivity index (χ4n) is 3.96. The molecule has 124 valence electrons. The van der Waals surface area contributed by atoms with E-state index in [0.717, 1.165) is 12.8 Å². The molecule has 0 aromatic rings. The van der Waals surface area contributed by atoms with Gasteiger partial charge in [0.1, 0.15) is 5.78 Å². The van der Waals surface area contributed by atoms with Gasteiger partial charge in [0, 0.05) is 19.3 Å². The first-order valence-electron chi connectivity index (χ1n) is 8.00. The Morgan fingerprint density at radius 3 is 2.68 bits per heavy atom. The smallest absolute Gasteiger partial charge is 0.302 e. The van der Waals surface area contributed by atoms with Gasteiger partial charge in [-0.3, -0.25) is 9.59 Å². The second-order valence-electron chi connectivity index (χ2n) is 6.91. The lowest BCUT2D eigenvalue weighted by atomic mass is 9.59. The molecule has 0 amide bonds. The zero-order chi connectivity index (χ0) is 16.5. The number of ketones is 1. The van der Waals surface area contributed by atoms with Crippen molar-refractivity contribution in [1.29, 1.82) is 0 Å². The number of rotatable bonds is 4. The molecule has 6 atom stereocenters. The van der Waals surface area contributed by atoms with E-state index < -0.39 is 23.6 Å². The number of aliphatic hydroxyl groups is 2. The molecule has 5 heteroatoms. The van der Waals surface area contributed by atoms with Crippen molar-refractivity contribution in [2.24, 2.45) is 23.7 Å². The fraction of sp³-hybridized carbons (Fsp3) is 0.765. The number of Topliss-reactive ketones (excluding diaryl/α,β-unsaturated/α-hetero) is 1. The monoisotopic (exact) mass is 310 g/mol. The molecule has 2 aliphatic rings. The minimum atomic E-state index is -1.21. The molecule has 1 saturated carbocycles. The molecular formula is C17H26O5. The summed E-state index contributed by atoms with van der Waals surface area (Å²) in [6.45, 7) is 5.00. The third-order valence-corrected chi connectivity index (χ3v) is 5.14. The number of hydrogen-bond donors (Lipinski definition) is 2. The van der Waals surface area contributed by atoms with Crippen LogP contribution in [-0.4, -0.2) is 40.3 Å². The Morgan fingerprint density at radius 1 is 1.36 bits per heavy atom. The average Bonchev–Trinajstić information content (AvgIpc) is 2.41. The molecule has 2 N–H and O–H groups in total. The highest BCUT2D eigenvalue weighted by atomic mass is 16.5. The molecular weight excluding hydrogens is 284 g/mol. The average molecular weight is 310 g/mol. The lowest BCUT2D eigenvalue weighted by Crippen LogP contribution is -2.52. The highest BCUT2D eigenvalue weighted by Crippen LogP contribution is 2.46. The summed E-state index contributed by atoms with van der Waals surface area (Å²) >= 11 is 0. The molecule has 0 spiro atoms. The molecule has 0 heterocycles. The molecule has 0 aliphatic heterocycles. The van der Waals surface area contributed by atoms with Gasteiger partial charge >= 0.3 is 5.97 Å². The van der Waals surface area contributed by atoms with Gasteiger partial charge in [-0.25, -0.2) is 0 Å². The van der Waals surface area contributed by atoms with Gasteiger partial charge in [-0.15, -0.1) is 0 Å². The van der Waals surface area contributed by atoms with Gasteiger partial charge in [0.05, 0.1) is 24.2 Å². The van der Waals surface area contributed by atoms with Crippen molar-refractivity contribution in [1.82, 2.24) is 0 Å². The van der Waals surface area contributed by atoms with E-state index in [2.05, 4.69) is 0 Å². The summed E-state index contributed by atoms with van der Waals surface area (Å²) in [5.74, 6) is -1.02. The molecule has 0 aromatic carbocycles. The van der Waals surface area contributed by atoms with E-state index in [1.807, 2.05) is 13.0 Å². The van der Waals surface area contributed by atoms with Crippen molar-refractivity contribution in [3.63, 3.8) is 0 Å². The van der Waals surface area contributed by atoms with Crippen molar-refractivity contribution < 1.29 is 24.5 Å². The Bertz CT molecular complexity index is 468. The predicted octanol–water partition coefficient (Wildman–Crippen LogP) is 1.47. The molecule has 0 radical (unpaired) electrons. The number of carbonyl (C=O) groups is 2. The zero-order valence-corrected chi connectivity index (χ0v) is 13.5. The van der Waals surface area contributed by atoms with Crippen LogP contribution >= 0.6 is 0 Å². The quantitative estimate of drug-likeness (QED) is 0.607. The van der Waals surface area contributed by atoms with Gasteiger partial charge < -0.3 is 14.9 Å². The Morgan fingerprint density at radius 2 is 2.05 bits per heavy atom. The summed E-state index contributed by atoms with van der Waals surface area (Å²) in [5.41, 5.74) is -1.21. The lowest BCUT2D eigenvalue weighted by Gasteiger charge is -2.48. The molecule has 2 rings (SSSR count). The largest absolute Gasteiger partial charge is 0.465 e. The Labute approximate surface area is 131 Å². The van der Waals surface area contributed by atoms with Gasteiger partial charge in [0.2, 0.25) is 0 Å². The van der Waals surface area contributed by atoms with E-state index in [1.54, 1.807) is 13.0 Å². The first kappa shape index (κ1) is 17.2. The number of carbonyl (C=O) groups excluding carboxylic acids is 2. The van der Waals surface area contributed by atoms with Crippen molar-refractivity contribution >= 4 is 11.8 Å². The third-order valence-electron chi connectivity index (χ3n) is 5.14. The maximum Gasteiger partial charge on any atom is 0.302 e. The highest BCUT2D eigenvalue weighted by molar-refractivity contribution is 5.83. The molecule has 2 aliphatic carbocycles. The zero-order valence-electron chi connectivity index (χ0n) is 13.5. The number of esters is 1. The van der Waals surface area contributed by atoms with Crippen LogP contribution in [0.25, 0.3) is 0 Å². The Kier molecular flexibility index (Phi) is 5.07. The standard InChI is InChI=1S/C17H26O5/c1-10-4-5-12-13(16(10)20)6-8-17(3,21)15(12)14(19)7-9-22-11(2)18/h6,8,10,12-13,15-16,20-21H,4-5,7,9H2,1-3H3/t10-,12-,13+,15-,16+,17+/m0/s1. The summed E-state index contributed by atoms with van der Waals surface area (Å²) < 4.78 is 4.84. The van der Waals surface area contributed by atoms with E-state index in [1.165, 1.54) is 6.92 Å². The van der Waals surface area contributed by atoms with Crippen LogP contribution in [0.15, 0.2) is 12.2 Å². The number of hydrogen-bond acceptors (Lipinski definition) is 5. The van der Waals surface area contributed by atoms with E-state index in [-0.39, 0.29) is 36.6 Å². The minimum absolute atomic E-state index is 0.0425. The topological polar surface area (TPSA) is 83.8 Å². The molecule has 1 fully saturated rings. The van der Waals surface area contributed by atoms with Gasteiger partial charge in [-0.05, 0) is 31.6 Å². The van der Waals surface area contributed by atoms with Crippen LogP contribution in [0.3, 0.4) is 0 Å². The van der Waals surface area contributed by atoms with Crippen molar-refractivity contribution in [2.45, 2.75) is 51.7 Å². The van der Waals surface area contributed by atoms with Gasteiger partial charge in [0.25, 0.3) is 0 Å². The normalized spacial score (nSPS) is 40.9. The van der Waals surface area contributed by atoms with Gasteiger partial charge in [0.15, 0.2) is 0 Å². The Balaban J connectivity index is 2.15. The number of ether oxygens (including phenoxy) is 1. The van der Waals surface area contributed by atoms with Crippen LogP contribution in [0.2, 0.25) is 0 Å². The molecule has 0 aromatic heterocycles. The molecule has 5 nitrogen and oxygen atoms in total. The maximum absolute atomic E-state index is 12.6. The van der Waals surface area contributed by atoms with Crippen LogP contribution in [-0.2, 0) is 14.3 Å². The molecule has 22 heavy (non-hydrogen) atoms. The van der Waals surface area contributed by atoms with Crippen molar-refractivity contribution in [3.8, 4) is 0 Å². The van der Waals surface area contributed by atoms with E-state index in [9.17, 15) is 19.8 Å². The van der Waals surface area contributed by atoms with Crippen molar-refractivity contribution in [2.75, 3.05) is 6.61 Å². The van der Waals surface area contributed by atoms with Crippen molar-refractivity contribution in [3.05, 3.63) is 12.2 Å². The number of fused-ring (bicyclic) bond motifs is 1. The summed E-state index contributed by atoms with van der Waals surface area (Å²) in [5, 5.41) is 21.0. The van der Waals surface area contributed by atoms with Crippen LogP contribution in [0.4, 0.5) is 0 Å². The molecule has 0 saturated heterocycles. The van der Waals surface area contributed by atoms with Gasteiger partial charge in [-0.1, -0.05) is 19.1 Å². The first-order chi connectivity index (χ1) is 10.2. The van der Waals surface area contributed by atoms with E-state index in [0.29, 0.717) is 0 Å². The summed E-state index contributed by atoms with van der Waals surface area (Å²) in [4.78, 5) is 23.4. The Hall–Kier alpha value is -1.20. The second-order valence-corrected chi connectivity index (χ2v) is 6.91. The van der Waals surface area contributed by atoms with E-state index >= 15 is 0 Å². The summed E-state index contributed by atoms with van der Waals surface area (Å²) in [6.07, 6.45) is 4.79. The van der Waals surface area contributed by atoms with Gasteiger partial charge in [-0.2, -0.15) is 0 Å². The van der Waals surface area contributed by atoms with Crippen LogP contribution in [0.1, 0.15) is 40.0 Å². The fourth-order valence-corrected chi connectivity index (χ4v) is 3.96. The predicted molar refractivity (Wildman–Crippen MR) is 80.9 cm³/mol. The third kappa shape index (κ3) is 3.41. The maximum atomic E-state index is 12.6. The minimum Gasteiger partial charge on any atom is -0.465 e. The summed E-state index contributed by atoms with van der Waals surface area (Å²) in [7, 11) is 0. The first-order valence-corrected chi connectivity index (χ1v) is 8.00. The highest BCUT2D eigenvalue weighted by Gasteiger charge is 2.50. The SMILES string of the molecule is CC(=O)OCCC(=O)[C@@H]1[C@H]2CC[C@H](C)[C@@H](O)[C@@H]2C=C[C@@]1(C)O. The van der Waals surface area contributed by atoms with E-state index in [4.69, 9.17) is 4.74 Å².